The Morgan fingerprint density at radius 3 is 2.53 bits per heavy atom. The highest BCUT2D eigenvalue weighted by Crippen LogP contribution is 1.91. The Kier molecular flexibility index (Phi) is 13.3. The molecule has 0 aromatic heterocycles. The maximum Gasteiger partial charge on any atom is 0.192 e. The number of nitrogens with one attached hydrogen (secondary N) is 2. The third kappa shape index (κ3) is 10.4. The summed E-state index contributed by atoms with van der Waals surface area (Å²) in [4.78, 5) is 6.69. The van der Waals surface area contributed by atoms with Crippen LogP contribution in [-0.2, 0) is 0 Å². The Morgan fingerprint density at radius 2 is 2.06 bits per heavy atom. The van der Waals surface area contributed by atoms with Gasteiger partial charge in [0.05, 0.1) is 13.1 Å². The van der Waals surface area contributed by atoms with Crippen LogP contribution >= 0.6 is 24.0 Å². The molecule has 0 aliphatic carbocycles. The third-order valence-corrected chi connectivity index (χ3v) is 2.31. The van der Waals surface area contributed by atoms with Crippen molar-refractivity contribution in [2.75, 3.05) is 33.2 Å². The molecule has 0 aromatic rings. The molecular weight excluding hydrogens is 327 g/mol. The number of aliphatic imine (C=N–C) groups is 1. The molecule has 2 N–H and O–H groups in total. The van der Waals surface area contributed by atoms with Crippen molar-refractivity contribution in [3.8, 4) is 12.3 Å². The van der Waals surface area contributed by atoms with E-state index in [0.29, 0.717) is 12.6 Å². The normalized spacial score (nSPS) is 11.0. The van der Waals surface area contributed by atoms with Gasteiger partial charge < -0.3 is 15.5 Å². The summed E-state index contributed by atoms with van der Waals surface area (Å²) in [5.41, 5.74) is 0. The second-order valence-electron chi connectivity index (χ2n) is 3.89. The maximum absolute atomic E-state index is 5.19. The molecule has 100 valence electrons. The van der Waals surface area contributed by atoms with Crippen molar-refractivity contribution < 1.29 is 0 Å². The van der Waals surface area contributed by atoms with Crippen LogP contribution in [0, 0.1) is 12.3 Å². The monoisotopic (exact) mass is 352 g/mol. The number of terminal acetylenes is 1. The SMILES string of the molecule is C#CCNC(=NCCN(C)C(C)C)NCC.I. The molecule has 0 atom stereocenters. The van der Waals surface area contributed by atoms with E-state index in [4.69, 9.17) is 6.42 Å². The number of halogens is 1. The summed E-state index contributed by atoms with van der Waals surface area (Å²) in [6.07, 6.45) is 5.19. The summed E-state index contributed by atoms with van der Waals surface area (Å²) in [5, 5.41) is 6.20. The molecule has 5 heteroatoms. The van der Waals surface area contributed by atoms with E-state index in [9.17, 15) is 0 Å². The van der Waals surface area contributed by atoms with Gasteiger partial charge in [-0.25, -0.2) is 0 Å². The quantitative estimate of drug-likeness (QED) is 0.326. The molecule has 0 aliphatic rings. The smallest absolute Gasteiger partial charge is 0.192 e. The first-order valence-corrected chi connectivity index (χ1v) is 5.77. The Hall–Kier alpha value is -0.480. The highest BCUT2D eigenvalue weighted by molar-refractivity contribution is 14.0. The molecule has 0 radical (unpaired) electrons. The van der Waals surface area contributed by atoms with Crippen LogP contribution < -0.4 is 10.6 Å². The molecule has 0 rings (SSSR count). The first kappa shape index (κ1) is 18.9. The number of guanidine groups is 1. The summed E-state index contributed by atoms with van der Waals surface area (Å²) >= 11 is 0. The van der Waals surface area contributed by atoms with Crippen molar-refractivity contribution in [3.05, 3.63) is 0 Å². The van der Waals surface area contributed by atoms with Crippen LogP contribution in [0.1, 0.15) is 20.8 Å². The van der Waals surface area contributed by atoms with Gasteiger partial charge in [-0.15, -0.1) is 30.4 Å². The molecule has 0 heterocycles. The van der Waals surface area contributed by atoms with Gasteiger partial charge in [0.25, 0.3) is 0 Å². The summed E-state index contributed by atoms with van der Waals surface area (Å²) in [7, 11) is 2.10. The second-order valence-corrected chi connectivity index (χ2v) is 3.89. The second kappa shape index (κ2) is 12.0. The molecule has 0 unspecified atom stereocenters. The van der Waals surface area contributed by atoms with Crippen LogP contribution in [0.15, 0.2) is 4.99 Å². The zero-order chi connectivity index (χ0) is 12.4. The van der Waals surface area contributed by atoms with Gasteiger partial charge in [0.1, 0.15) is 0 Å². The van der Waals surface area contributed by atoms with E-state index in [1.807, 2.05) is 6.92 Å². The largest absolute Gasteiger partial charge is 0.357 e. The summed E-state index contributed by atoms with van der Waals surface area (Å²) in [6.45, 7) is 9.45. The number of nitrogens with zero attached hydrogens (tertiary/aromatic N) is 2. The van der Waals surface area contributed by atoms with Gasteiger partial charge in [0.15, 0.2) is 5.96 Å². The van der Waals surface area contributed by atoms with Gasteiger partial charge in [-0.2, -0.15) is 0 Å². The minimum Gasteiger partial charge on any atom is -0.357 e. The van der Waals surface area contributed by atoms with E-state index in [0.717, 1.165) is 25.6 Å². The highest BCUT2D eigenvalue weighted by Gasteiger charge is 2.01. The molecule has 4 nitrogen and oxygen atoms in total. The van der Waals surface area contributed by atoms with Crippen molar-refractivity contribution in [2.45, 2.75) is 26.8 Å². The minimum atomic E-state index is 0. The van der Waals surface area contributed by atoms with Crippen molar-refractivity contribution in [1.82, 2.24) is 15.5 Å². The van der Waals surface area contributed by atoms with Gasteiger partial charge in [0, 0.05) is 19.1 Å². The van der Waals surface area contributed by atoms with Gasteiger partial charge in [-0.05, 0) is 27.8 Å². The van der Waals surface area contributed by atoms with E-state index in [-0.39, 0.29) is 24.0 Å². The average molecular weight is 352 g/mol. The lowest BCUT2D eigenvalue weighted by molar-refractivity contribution is 0.282. The molecule has 0 saturated carbocycles. The summed E-state index contributed by atoms with van der Waals surface area (Å²) in [6, 6.07) is 0.552. The van der Waals surface area contributed by atoms with Gasteiger partial charge in [0.2, 0.25) is 0 Å². The zero-order valence-corrected chi connectivity index (χ0v) is 13.6. The van der Waals surface area contributed by atoms with Crippen LogP contribution in [-0.4, -0.2) is 50.1 Å². The Bertz CT molecular complexity index is 245. The van der Waals surface area contributed by atoms with Gasteiger partial charge in [-0.3, -0.25) is 4.99 Å². The van der Waals surface area contributed by atoms with E-state index < -0.39 is 0 Å². The van der Waals surface area contributed by atoms with Crippen LogP contribution in [0.2, 0.25) is 0 Å². The van der Waals surface area contributed by atoms with Gasteiger partial charge in [-0.1, -0.05) is 5.92 Å². The number of hydrogen-bond donors (Lipinski definition) is 2. The fourth-order valence-corrected chi connectivity index (χ4v) is 1.05. The lowest BCUT2D eigenvalue weighted by atomic mass is 10.3. The zero-order valence-electron chi connectivity index (χ0n) is 11.3. The summed E-state index contributed by atoms with van der Waals surface area (Å²) < 4.78 is 0. The average Bonchev–Trinajstić information content (AvgIpc) is 2.25. The molecular formula is C12H25IN4. The molecule has 0 fully saturated rings. The molecule has 0 aliphatic heterocycles. The van der Waals surface area contributed by atoms with E-state index in [1.165, 1.54) is 0 Å². The Balaban J connectivity index is 0. The standard InChI is InChI=1S/C12H24N4.HI/c1-6-8-14-12(13-7-2)15-9-10-16(5)11(3)4;/h1,11H,7-10H2,2-5H3,(H2,13,14,15);1H. The predicted octanol–water partition coefficient (Wildman–Crippen LogP) is 1.13. The topological polar surface area (TPSA) is 39.7 Å². The molecule has 0 spiro atoms. The minimum absolute atomic E-state index is 0. The van der Waals surface area contributed by atoms with Crippen molar-refractivity contribution in [3.63, 3.8) is 0 Å². The van der Waals surface area contributed by atoms with E-state index in [2.05, 4.69) is 47.3 Å². The number of hydrogen-bond acceptors (Lipinski definition) is 2. The molecule has 17 heavy (non-hydrogen) atoms. The van der Waals surface area contributed by atoms with Crippen LogP contribution in [0.4, 0.5) is 0 Å². The summed E-state index contributed by atoms with van der Waals surface area (Å²) in [5.74, 6) is 3.32. The lowest BCUT2D eigenvalue weighted by Crippen LogP contribution is -2.38. The first-order valence-electron chi connectivity index (χ1n) is 5.77. The maximum atomic E-state index is 5.19. The fourth-order valence-electron chi connectivity index (χ4n) is 1.05. The van der Waals surface area contributed by atoms with Crippen LogP contribution in [0.25, 0.3) is 0 Å². The lowest BCUT2D eigenvalue weighted by Gasteiger charge is -2.19. The van der Waals surface area contributed by atoms with Crippen molar-refractivity contribution >= 4 is 29.9 Å². The van der Waals surface area contributed by atoms with Crippen LogP contribution in [0.5, 0.6) is 0 Å². The van der Waals surface area contributed by atoms with Crippen molar-refractivity contribution in [1.29, 1.82) is 0 Å². The molecule has 0 bridgehead atoms. The fraction of sp³-hybridized carbons (Fsp3) is 0.750. The van der Waals surface area contributed by atoms with Gasteiger partial charge >= 0.3 is 0 Å². The Labute approximate surface area is 123 Å². The predicted molar refractivity (Wildman–Crippen MR) is 86.0 cm³/mol. The van der Waals surface area contributed by atoms with E-state index in [1.54, 1.807) is 0 Å². The number of rotatable bonds is 6. The molecule has 0 saturated heterocycles. The molecule has 0 amide bonds. The Morgan fingerprint density at radius 1 is 1.41 bits per heavy atom. The highest BCUT2D eigenvalue weighted by atomic mass is 127. The van der Waals surface area contributed by atoms with E-state index >= 15 is 0 Å². The number of likely N-dealkylation sites (N-methyl/N-ethyl adjacent to an activating group) is 1. The first-order chi connectivity index (χ1) is 7.61. The van der Waals surface area contributed by atoms with Crippen LogP contribution in [0.3, 0.4) is 0 Å². The van der Waals surface area contributed by atoms with Crippen molar-refractivity contribution in [2.24, 2.45) is 4.99 Å². The third-order valence-electron chi connectivity index (χ3n) is 2.31. The molecule has 0 aromatic carbocycles.